The lowest BCUT2D eigenvalue weighted by Crippen LogP contribution is -2.31. The number of benzene rings is 1. The monoisotopic (exact) mass is 288 g/mol. The van der Waals surface area contributed by atoms with Crippen LogP contribution in [0.4, 0.5) is 11.4 Å². The standard InChI is InChI=1S/C10H16N4O4S/c1-13(2)6-5-12-19(17,18)10-4-3-8(14(15)16)7-9(10)11/h3-4,7,12H,5-6,11H2,1-2H3. The van der Waals surface area contributed by atoms with Crippen LogP contribution in [0.25, 0.3) is 0 Å². The number of nitrogen functional groups attached to an aromatic ring is 1. The Balaban J connectivity index is 2.93. The number of hydrogen-bond donors (Lipinski definition) is 2. The van der Waals surface area contributed by atoms with Gasteiger partial charge >= 0.3 is 0 Å². The lowest BCUT2D eigenvalue weighted by atomic mass is 10.3. The molecule has 3 N–H and O–H groups in total. The fraction of sp³-hybridized carbons (Fsp3) is 0.400. The average Bonchev–Trinajstić information content (AvgIpc) is 2.27. The summed E-state index contributed by atoms with van der Waals surface area (Å²) in [6.07, 6.45) is 0. The highest BCUT2D eigenvalue weighted by Gasteiger charge is 2.19. The first-order chi connectivity index (χ1) is 8.74. The molecule has 9 heteroatoms. The molecule has 19 heavy (non-hydrogen) atoms. The summed E-state index contributed by atoms with van der Waals surface area (Å²) in [5.74, 6) is 0. The van der Waals surface area contributed by atoms with Gasteiger partial charge in [-0.15, -0.1) is 0 Å². The van der Waals surface area contributed by atoms with E-state index >= 15 is 0 Å². The molecule has 0 aromatic heterocycles. The van der Waals surface area contributed by atoms with Crippen LogP contribution in [0.2, 0.25) is 0 Å². The lowest BCUT2D eigenvalue weighted by Gasteiger charge is -2.12. The first-order valence-corrected chi connectivity index (χ1v) is 6.90. The van der Waals surface area contributed by atoms with Gasteiger partial charge in [0.1, 0.15) is 4.90 Å². The highest BCUT2D eigenvalue weighted by Crippen LogP contribution is 2.23. The Kier molecular flexibility index (Phi) is 4.81. The second-order valence-electron chi connectivity index (χ2n) is 4.18. The number of non-ortho nitro benzene ring substituents is 1. The Morgan fingerprint density at radius 1 is 1.42 bits per heavy atom. The van der Waals surface area contributed by atoms with Gasteiger partial charge in [0.15, 0.2) is 0 Å². The summed E-state index contributed by atoms with van der Waals surface area (Å²) in [7, 11) is -0.125. The Morgan fingerprint density at radius 3 is 2.53 bits per heavy atom. The van der Waals surface area contributed by atoms with E-state index in [0.29, 0.717) is 6.54 Å². The molecule has 0 aliphatic carbocycles. The van der Waals surface area contributed by atoms with Gasteiger partial charge in [0, 0.05) is 25.2 Å². The van der Waals surface area contributed by atoms with Crippen LogP contribution in [0, 0.1) is 10.1 Å². The van der Waals surface area contributed by atoms with Gasteiger partial charge in [-0.05, 0) is 20.2 Å². The number of hydrogen-bond acceptors (Lipinski definition) is 6. The third-order valence-corrected chi connectivity index (χ3v) is 3.88. The minimum atomic E-state index is -3.75. The average molecular weight is 288 g/mol. The number of rotatable bonds is 6. The zero-order valence-corrected chi connectivity index (χ0v) is 11.5. The summed E-state index contributed by atoms with van der Waals surface area (Å²) >= 11 is 0. The van der Waals surface area contributed by atoms with E-state index in [1.54, 1.807) is 0 Å². The Labute approximate surface area is 111 Å². The molecule has 106 valence electrons. The summed E-state index contributed by atoms with van der Waals surface area (Å²) < 4.78 is 26.2. The Morgan fingerprint density at radius 2 is 2.05 bits per heavy atom. The van der Waals surface area contributed by atoms with Crippen LogP contribution < -0.4 is 10.5 Å². The molecule has 0 atom stereocenters. The molecule has 1 aromatic rings. The van der Waals surface area contributed by atoms with Gasteiger partial charge in [-0.3, -0.25) is 10.1 Å². The largest absolute Gasteiger partial charge is 0.397 e. The third kappa shape index (κ3) is 4.16. The Hall–Kier alpha value is -1.71. The van der Waals surface area contributed by atoms with Crippen molar-refractivity contribution in [2.45, 2.75) is 4.90 Å². The van der Waals surface area contributed by atoms with Crippen LogP contribution in [0.5, 0.6) is 0 Å². The molecule has 0 fully saturated rings. The number of nitrogens with two attached hydrogens (primary N) is 1. The zero-order chi connectivity index (χ0) is 14.6. The van der Waals surface area contributed by atoms with Crippen molar-refractivity contribution in [3.8, 4) is 0 Å². The quantitative estimate of drug-likeness (QED) is 0.432. The summed E-state index contributed by atoms with van der Waals surface area (Å²) in [5, 5.41) is 10.5. The first kappa shape index (κ1) is 15.3. The van der Waals surface area contributed by atoms with E-state index in [1.807, 2.05) is 19.0 Å². The number of nitro groups is 1. The van der Waals surface area contributed by atoms with Crippen molar-refractivity contribution in [3.05, 3.63) is 28.3 Å². The lowest BCUT2D eigenvalue weighted by molar-refractivity contribution is -0.384. The number of likely N-dealkylation sites (N-methyl/N-ethyl adjacent to an activating group) is 1. The van der Waals surface area contributed by atoms with E-state index in [0.717, 1.165) is 18.2 Å². The Bertz CT molecular complexity index is 571. The molecule has 0 aliphatic rings. The van der Waals surface area contributed by atoms with E-state index in [4.69, 9.17) is 5.73 Å². The van der Waals surface area contributed by atoms with Crippen molar-refractivity contribution in [2.75, 3.05) is 32.9 Å². The summed E-state index contributed by atoms with van der Waals surface area (Å²) in [6, 6.07) is 3.27. The van der Waals surface area contributed by atoms with E-state index in [-0.39, 0.29) is 22.8 Å². The van der Waals surface area contributed by atoms with Crippen LogP contribution >= 0.6 is 0 Å². The van der Waals surface area contributed by atoms with Crippen molar-refractivity contribution in [1.82, 2.24) is 9.62 Å². The van der Waals surface area contributed by atoms with Gasteiger partial charge in [0.2, 0.25) is 10.0 Å². The molecular formula is C10H16N4O4S. The highest BCUT2D eigenvalue weighted by molar-refractivity contribution is 7.89. The van der Waals surface area contributed by atoms with E-state index in [9.17, 15) is 18.5 Å². The van der Waals surface area contributed by atoms with Gasteiger partial charge in [-0.2, -0.15) is 0 Å². The maximum Gasteiger partial charge on any atom is 0.271 e. The molecule has 0 unspecified atom stereocenters. The molecule has 1 aromatic carbocycles. The van der Waals surface area contributed by atoms with Gasteiger partial charge in [0.25, 0.3) is 5.69 Å². The fourth-order valence-electron chi connectivity index (χ4n) is 1.38. The topological polar surface area (TPSA) is 119 Å². The summed E-state index contributed by atoms with van der Waals surface area (Å²) in [5.41, 5.74) is 5.15. The minimum Gasteiger partial charge on any atom is -0.397 e. The van der Waals surface area contributed by atoms with Gasteiger partial charge in [-0.1, -0.05) is 0 Å². The van der Waals surface area contributed by atoms with Crippen molar-refractivity contribution in [3.63, 3.8) is 0 Å². The molecule has 0 aliphatic heterocycles. The molecule has 0 spiro atoms. The number of nitro benzene ring substituents is 1. The number of anilines is 1. The van der Waals surface area contributed by atoms with E-state index < -0.39 is 14.9 Å². The molecule has 0 saturated carbocycles. The fourth-order valence-corrected chi connectivity index (χ4v) is 2.51. The number of sulfonamides is 1. The smallest absolute Gasteiger partial charge is 0.271 e. The second-order valence-corrected chi connectivity index (χ2v) is 5.92. The number of nitrogens with one attached hydrogen (secondary N) is 1. The zero-order valence-electron chi connectivity index (χ0n) is 10.7. The summed E-state index contributed by atoms with van der Waals surface area (Å²) in [4.78, 5) is 11.6. The van der Waals surface area contributed by atoms with E-state index in [2.05, 4.69) is 4.72 Å². The molecule has 0 bridgehead atoms. The number of nitrogens with zero attached hydrogens (tertiary/aromatic N) is 2. The maximum absolute atomic E-state index is 11.9. The second kappa shape index (κ2) is 5.95. The molecule has 8 nitrogen and oxygen atoms in total. The molecular weight excluding hydrogens is 272 g/mol. The van der Waals surface area contributed by atoms with Crippen molar-refractivity contribution < 1.29 is 13.3 Å². The normalized spacial score (nSPS) is 11.7. The predicted molar refractivity (Wildman–Crippen MR) is 71.3 cm³/mol. The van der Waals surface area contributed by atoms with Gasteiger partial charge in [-0.25, -0.2) is 13.1 Å². The first-order valence-electron chi connectivity index (χ1n) is 5.42. The van der Waals surface area contributed by atoms with Gasteiger partial charge < -0.3 is 10.6 Å². The third-order valence-electron chi connectivity index (χ3n) is 2.34. The van der Waals surface area contributed by atoms with Crippen LogP contribution in [0.15, 0.2) is 23.1 Å². The van der Waals surface area contributed by atoms with E-state index in [1.165, 1.54) is 0 Å². The molecule has 1 rings (SSSR count). The van der Waals surface area contributed by atoms with Crippen LogP contribution in [-0.2, 0) is 10.0 Å². The molecule has 0 saturated heterocycles. The van der Waals surface area contributed by atoms with Crippen molar-refractivity contribution >= 4 is 21.4 Å². The van der Waals surface area contributed by atoms with Crippen LogP contribution in [0.1, 0.15) is 0 Å². The van der Waals surface area contributed by atoms with Crippen molar-refractivity contribution in [2.24, 2.45) is 0 Å². The minimum absolute atomic E-state index is 0.147. The molecule has 0 heterocycles. The van der Waals surface area contributed by atoms with Crippen LogP contribution in [0.3, 0.4) is 0 Å². The van der Waals surface area contributed by atoms with Gasteiger partial charge in [0.05, 0.1) is 10.6 Å². The van der Waals surface area contributed by atoms with Crippen LogP contribution in [-0.4, -0.2) is 45.4 Å². The predicted octanol–water partition coefficient (Wildman–Crippen LogP) is 0.0169. The molecule has 0 radical (unpaired) electrons. The SMILES string of the molecule is CN(C)CCNS(=O)(=O)c1ccc([N+](=O)[O-])cc1N. The van der Waals surface area contributed by atoms with Crippen molar-refractivity contribution in [1.29, 1.82) is 0 Å². The maximum atomic E-state index is 11.9. The highest BCUT2D eigenvalue weighted by atomic mass is 32.2. The summed E-state index contributed by atoms with van der Waals surface area (Å²) in [6.45, 7) is 0.762. The molecule has 0 amide bonds.